The van der Waals surface area contributed by atoms with E-state index < -0.39 is 40.6 Å². The van der Waals surface area contributed by atoms with Gasteiger partial charge in [-0.3, -0.25) is 19.7 Å². The number of nitrogens with zero attached hydrogens (tertiary/aromatic N) is 1. The van der Waals surface area contributed by atoms with Crippen molar-refractivity contribution in [2.45, 2.75) is 31.8 Å². The Morgan fingerprint density at radius 3 is 2.16 bits per heavy atom. The zero-order valence-corrected chi connectivity index (χ0v) is 17.4. The molecule has 0 saturated carbocycles. The Morgan fingerprint density at radius 1 is 1.03 bits per heavy atom. The van der Waals surface area contributed by atoms with Gasteiger partial charge in [0, 0.05) is 12.0 Å². The summed E-state index contributed by atoms with van der Waals surface area (Å²) >= 11 is 0. The molecule has 0 aliphatic heterocycles. The molecule has 0 spiro atoms. The number of carbonyl (C=O) groups is 3. The van der Waals surface area contributed by atoms with E-state index in [1.165, 1.54) is 6.92 Å². The van der Waals surface area contributed by atoms with Crippen LogP contribution < -0.4 is 0 Å². The van der Waals surface area contributed by atoms with E-state index >= 15 is 0 Å². The van der Waals surface area contributed by atoms with Crippen molar-refractivity contribution in [3.8, 4) is 0 Å². The van der Waals surface area contributed by atoms with Gasteiger partial charge in [0.1, 0.15) is 0 Å². The molecule has 2 atom stereocenters. The molecule has 0 aliphatic carbocycles. The third-order valence-corrected chi connectivity index (χ3v) is 4.45. The lowest BCUT2D eigenvalue weighted by Gasteiger charge is -2.18. The fourth-order valence-corrected chi connectivity index (χ4v) is 3.02. The van der Waals surface area contributed by atoms with Crippen LogP contribution in [0, 0.1) is 10.1 Å². The van der Waals surface area contributed by atoms with Crippen molar-refractivity contribution in [1.29, 1.82) is 0 Å². The van der Waals surface area contributed by atoms with Gasteiger partial charge < -0.3 is 14.6 Å². The number of hydrogen-bond acceptors (Lipinski definition) is 7. The second kappa shape index (κ2) is 12.0. The Hall–Kier alpha value is -4.01. The molecule has 0 aliphatic rings. The number of esters is 2. The lowest BCUT2D eigenvalue weighted by molar-refractivity contribution is -0.432. The molecule has 0 heterocycles. The molecular weight excluding hydrogens is 418 g/mol. The minimum absolute atomic E-state index is 0.0745. The number of rotatable bonds is 11. The zero-order valence-electron chi connectivity index (χ0n) is 17.4. The van der Waals surface area contributed by atoms with E-state index in [0.29, 0.717) is 11.1 Å². The molecule has 0 bridgehead atoms. The van der Waals surface area contributed by atoms with E-state index in [-0.39, 0.29) is 19.4 Å². The van der Waals surface area contributed by atoms with Crippen molar-refractivity contribution >= 4 is 24.0 Å². The number of carboxylic acids is 1. The van der Waals surface area contributed by atoms with E-state index in [9.17, 15) is 29.6 Å². The van der Waals surface area contributed by atoms with Gasteiger partial charge in [0.25, 0.3) is 11.8 Å². The molecule has 9 heteroatoms. The predicted molar refractivity (Wildman–Crippen MR) is 114 cm³/mol. The number of benzene rings is 2. The van der Waals surface area contributed by atoms with Crippen LogP contribution in [0.25, 0.3) is 6.08 Å². The van der Waals surface area contributed by atoms with Crippen LogP contribution in [-0.4, -0.2) is 40.6 Å². The standard InChI is InChI=1S/C23H23NO8/c1-2-31-23(28)22(19(24(29)30)13-16-9-5-3-6-10-16)32-21(27)15-18(14-20(25)26)17-11-7-4-8-12-17/h3-13,18,22H,2,14-15H2,1H3,(H,25,26)/b19-13-. The van der Waals surface area contributed by atoms with E-state index in [1.54, 1.807) is 60.7 Å². The quantitative estimate of drug-likeness (QED) is 0.319. The summed E-state index contributed by atoms with van der Waals surface area (Å²) in [7, 11) is 0. The number of carboxylic acid groups (broad SMARTS) is 1. The van der Waals surface area contributed by atoms with Gasteiger partial charge in [-0.05, 0) is 18.1 Å². The van der Waals surface area contributed by atoms with Gasteiger partial charge in [-0.2, -0.15) is 0 Å². The maximum absolute atomic E-state index is 12.6. The highest BCUT2D eigenvalue weighted by Crippen LogP contribution is 2.25. The SMILES string of the molecule is CCOC(=O)C(OC(=O)CC(CC(=O)O)c1ccccc1)/C(=C/c1ccccc1)[N+](=O)[O-]. The van der Waals surface area contributed by atoms with Crippen molar-refractivity contribution in [1.82, 2.24) is 0 Å². The van der Waals surface area contributed by atoms with Gasteiger partial charge in [0.05, 0.1) is 24.4 Å². The van der Waals surface area contributed by atoms with Crippen LogP contribution >= 0.6 is 0 Å². The molecule has 0 fully saturated rings. The van der Waals surface area contributed by atoms with Crippen LogP contribution in [0.15, 0.2) is 66.4 Å². The second-order valence-electron chi connectivity index (χ2n) is 6.77. The summed E-state index contributed by atoms with van der Waals surface area (Å²) in [5.74, 6) is -3.90. The Bertz CT molecular complexity index is 972. The molecule has 0 amide bonds. The molecular formula is C23H23NO8. The molecule has 9 nitrogen and oxygen atoms in total. The van der Waals surface area contributed by atoms with Gasteiger partial charge in [-0.1, -0.05) is 60.7 Å². The summed E-state index contributed by atoms with van der Waals surface area (Å²) in [4.78, 5) is 47.2. The Kier molecular flexibility index (Phi) is 9.09. The van der Waals surface area contributed by atoms with E-state index in [1.807, 2.05) is 0 Å². The molecule has 168 valence electrons. The average Bonchev–Trinajstić information content (AvgIpc) is 2.76. The number of nitro groups is 1. The summed E-state index contributed by atoms with van der Waals surface area (Å²) in [6.45, 7) is 1.44. The lowest BCUT2D eigenvalue weighted by atomic mass is 9.92. The van der Waals surface area contributed by atoms with Gasteiger partial charge >= 0.3 is 17.9 Å². The first-order valence-corrected chi connectivity index (χ1v) is 9.85. The van der Waals surface area contributed by atoms with E-state index in [4.69, 9.17) is 9.47 Å². The Labute approximate surface area is 184 Å². The maximum Gasteiger partial charge on any atom is 0.358 e. The first-order chi connectivity index (χ1) is 15.3. The monoisotopic (exact) mass is 441 g/mol. The topological polar surface area (TPSA) is 133 Å². The van der Waals surface area contributed by atoms with E-state index in [2.05, 4.69) is 0 Å². The Balaban J connectivity index is 2.31. The van der Waals surface area contributed by atoms with Crippen molar-refractivity contribution in [3.63, 3.8) is 0 Å². The summed E-state index contributed by atoms with van der Waals surface area (Å²) in [6.07, 6.45) is -1.52. The molecule has 2 unspecified atom stereocenters. The summed E-state index contributed by atoms with van der Waals surface area (Å²) in [5, 5.41) is 20.9. The minimum atomic E-state index is -1.90. The summed E-state index contributed by atoms with van der Waals surface area (Å²) in [5.41, 5.74) is 0.351. The first kappa shape index (κ1) is 24.3. The molecule has 0 aromatic heterocycles. The van der Waals surface area contributed by atoms with Crippen LogP contribution in [0.1, 0.15) is 36.8 Å². The summed E-state index contributed by atoms with van der Waals surface area (Å²) < 4.78 is 10.1. The summed E-state index contributed by atoms with van der Waals surface area (Å²) in [6, 6.07) is 16.7. The fourth-order valence-electron chi connectivity index (χ4n) is 3.02. The lowest BCUT2D eigenvalue weighted by Crippen LogP contribution is -2.34. The van der Waals surface area contributed by atoms with Crippen LogP contribution in [-0.2, 0) is 23.9 Å². The molecule has 2 rings (SSSR count). The molecule has 1 N–H and O–H groups in total. The highest BCUT2D eigenvalue weighted by Gasteiger charge is 2.37. The van der Waals surface area contributed by atoms with E-state index in [0.717, 1.165) is 6.08 Å². The average molecular weight is 441 g/mol. The fraction of sp³-hybridized carbons (Fsp3) is 0.261. The molecule has 2 aromatic carbocycles. The number of carbonyl (C=O) groups excluding carboxylic acids is 2. The Morgan fingerprint density at radius 2 is 1.62 bits per heavy atom. The van der Waals surface area contributed by atoms with Crippen LogP contribution in [0.5, 0.6) is 0 Å². The number of ether oxygens (including phenoxy) is 2. The van der Waals surface area contributed by atoms with Crippen LogP contribution in [0.4, 0.5) is 0 Å². The van der Waals surface area contributed by atoms with Crippen LogP contribution in [0.3, 0.4) is 0 Å². The first-order valence-electron chi connectivity index (χ1n) is 9.85. The van der Waals surface area contributed by atoms with Crippen molar-refractivity contribution in [3.05, 3.63) is 87.6 Å². The zero-order chi connectivity index (χ0) is 23.5. The molecule has 0 radical (unpaired) electrons. The van der Waals surface area contributed by atoms with Gasteiger partial charge in [0.15, 0.2) is 0 Å². The smallest absolute Gasteiger partial charge is 0.358 e. The third kappa shape index (κ3) is 7.35. The highest BCUT2D eigenvalue weighted by atomic mass is 16.6. The predicted octanol–water partition coefficient (Wildman–Crippen LogP) is 3.43. The van der Waals surface area contributed by atoms with Crippen molar-refractivity contribution in [2.24, 2.45) is 0 Å². The normalized spacial score (nSPS) is 13.0. The largest absolute Gasteiger partial charge is 0.481 e. The molecule has 32 heavy (non-hydrogen) atoms. The molecule has 0 saturated heterocycles. The maximum atomic E-state index is 12.6. The van der Waals surface area contributed by atoms with Crippen molar-refractivity contribution < 1.29 is 33.9 Å². The number of aliphatic carboxylic acids is 1. The highest BCUT2D eigenvalue weighted by molar-refractivity contribution is 5.83. The van der Waals surface area contributed by atoms with Gasteiger partial charge in [0.2, 0.25) is 0 Å². The third-order valence-electron chi connectivity index (χ3n) is 4.45. The molecule has 2 aromatic rings. The van der Waals surface area contributed by atoms with Gasteiger partial charge in [-0.25, -0.2) is 4.79 Å². The van der Waals surface area contributed by atoms with Crippen LogP contribution in [0.2, 0.25) is 0 Å². The minimum Gasteiger partial charge on any atom is -0.481 e. The number of hydrogen-bond donors (Lipinski definition) is 1. The van der Waals surface area contributed by atoms with Crippen molar-refractivity contribution in [2.75, 3.05) is 6.61 Å². The van der Waals surface area contributed by atoms with Gasteiger partial charge in [-0.15, -0.1) is 0 Å². The second-order valence-corrected chi connectivity index (χ2v) is 6.77.